The van der Waals surface area contributed by atoms with Gasteiger partial charge < -0.3 is 15.0 Å². The molecule has 0 unspecified atom stereocenters. The highest BCUT2D eigenvalue weighted by atomic mass is 16.5. The van der Waals surface area contributed by atoms with Crippen molar-refractivity contribution in [1.82, 2.24) is 5.32 Å². The van der Waals surface area contributed by atoms with Gasteiger partial charge in [-0.15, -0.1) is 0 Å². The molecule has 0 aromatic heterocycles. The van der Waals surface area contributed by atoms with Crippen molar-refractivity contribution in [1.29, 1.82) is 0 Å². The van der Waals surface area contributed by atoms with Crippen molar-refractivity contribution in [2.24, 2.45) is 0 Å². The number of methoxy groups -OCH3 is 1. The van der Waals surface area contributed by atoms with Crippen LogP contribution >= 0.6 is 0 Å². The van der Waals surface area contributed by atoms with Crippen molar-refractivity contribution < 1.29 is 4.74 Å². The number of benzene rings is 1. The van der Waals surface area contributed by atoms with E-state index in [1.807, 2.05) is 0 Å². The number of anilines is 1. The largest absolute Gasteiger partial charge is 0.383 e. The number of rotatable bonds is 8. The Morgan fingerprint density at radius 2 is 2.11 bits per heavy atom. The number of para-hydroxylation sites is 1. The maximum Gasteiger partial charge on any atom is 0.0637 e. The Hall–Kier alpha value is -1.06. The summed E-state index contributed by atoms with van der Waals surface area (Å²) < 4.78 is 5.19. The Balaban J connectivity index is 2.02. The zero-order valence-electron chi connectivity index (χ0n) is 11.5. The molecule has 0 radical (unpaired) electrons. The molecule has 1 fully saturated rings. The molecule has 100 valence electrons. The molecule has 3 nitrogen and oxygen atoms in total. The minimum absolute atomic E-state index is 0.757. The molecule has 1 aliphatic carbocycles. The summed E-state index contributed by atoms with van der Waals surface area (Å²) in [6, 6.07) is 9.43. The Kier molecular flexibility index (Phi) is 5.02. The zero-order chi connectivity index (χ0) is 12.8. The van der Waals surface area contributed by atoms with Crippen LogP contribution in [0, 0.1) is 0 Å². The summed E-state index contributed by atoms with van der Waals surface area (Å²) in [4.78, 5) is 2.38. The van der Waals surface area contributed by atoms with Gasteiger partial charge >= 0.3 is 0 Å². The molecule has 3 heteroatoms. The van der Waals surface area contributed by atoms with E-state index >= 15 is 0 Å². The van der Waals surface area contributed by atoms with E-state index in [1.54, 1.807) is 7.11 Å². The maximum absolute atomic E-state index is 5.19. The molecule has 2 rings (SSSR count). The summed E-state index contributed by atoms with van der Waals surface area (Å²) in [6.07, 6.45) is 2.67. The van der Waals surface area contributed by atoms with E-state index in [1.165, 1.54) is 24.1 Å². The van der Waals surface area contributed by atoms with Crippen LogP contribution in [0.3, 0.4) is 0 Å². The molecular formula is C15H24N2O. The van der Waals surface area contributed by atoms with E-state index in [4.69, 9.17) is 4.74 Å². The lowest BCUT2D eigenvalue weighted by Gasteiger charge is -2.25. The topological polar surface area (TPSA) is 24.5 Å². The second-order valence-electron chi connectivity index (χ2n) is 4.86. The molecule has 0 amide bonds. The second-order valence-corrected chi connectivity index (χ2v) is 4.86. The van der Waals surface area contributed by atoms with Gasteiger partial charge in [-0.25, -0.2) is 0 Å². The van der Waals surface area contributed by atoms with Crippen LogP contribution in [0.1, 0.15) is 25.3 Å². The van der Waals surface area contributed by atoms with E-state index in [0.717, 1.165) is 32.3 Å². The van der Waals surface area contributed by atoms with Gasteiger partial charge in [0.1, 0.15) is 0 Å². The van der Waals surface area contributed by atoms with E-state index in [0.29, 0.717) is 0 Å². The minimum Gasteiger partial charge on any atom is -0.383 e. The first kappa shape index (κ1) is 13.4. The SMILES string of the molecule is CCN(CCOC)c1ccccc1CNC1CC1. The number of hydrogen-bond acceptors (Lipinski definition) is 3. The van der Waals surface area contributed by atoms with E-state index in [-0.39, 0.29) is 0 Å². The Morgan fingerprint density at radius 3 is 2.78 bits per heavy atom. The second kappa shape index (κ2) is 6.76. The molecule has 0 atom stereocenters. The van der Waals surface area contributed by atoms with Crippen molar-refractivity contribution in [3.63, 3.8) is 0 Å². The first-order valence-electron chi connectivity index (χ1n) is 6.90. The predicted molar refractivity (Wildman–Crippen MR) is 76.1 cm³/mol. The van der Waals surface area contributed by atoms with Gasteiger partial charge in [-0.05, 0) is 31.4 Å². The highest BCUT2D eigenvalue weighted by Gasteiger charge is 2.20. The molecule has 0 aliphatic heterocycles. The molecule has 0 spiro atoms. The van der Waals surface area contributed by atoms with Gasteiger partial charge in [-0.2, -0.15) is 0 Å². The number of likely N-dealkylation sites (N-methyl/N-ethyl adjacent to an activating group) is 1. The standard InChI is InChI=1S/C15H24N2O/c1-3-17(10-11-18-2)15-7-5-4-6-13(15)12-16-14-8-9-14/h4-7,14,16H,3,8-12H2,1-2H3. The summed E-state index contributed by atoms with van der Waals surface area (Å²) in [5.74, 6) is 0. The van der Waals surface area contributed by atoms with Crippen LogP contribution < -0.4 is 10.2 Å². The Labute approximate surface area is 110 Å². The highest BCUT2D eigenvalue weighted by molar-refractivity contribution is 5.53. The van der Waals surface area contributed by atoms with Gasteiger partial charge in [-0.3, -0.25) is 0 Å². The van der Waals surface area contributed by atoms with Crippen molar-refractivity contribution in [3.8, 4) is 0 Å². The summed E-state index contributed by atoms with van der Waals surface area (Å²) in [5.41, 5.74) is 2.73. The van der Waals surface area contributed by atoms with Crippen molar-refractivity contribution in [2.45, 2.75) is 32.4 Å². The molecule has 18 heavy (non-hydrogen) atoms. The zero-order valence-corrected chi connectivity index (χ0v) is 11.5. The average Bonchev–Trinajstić information content (AvgIpc) is 3.22. The van der Waals surface area contributed by atoms with Gasteiger partial charge in [0, 0.05) is 38.5 Å². The van der Waals surface area contributed by atoms with Crippen molar-refractivity contribution in [3.05, 3.63) is 29.8 Å². The van der Waals surface area contributed by atoms with Crippen LogP contribution in [0.5, 0.6) is 0 Å². The van der Waals surface area contributed by atoms with Crippen LogP contribution in [0.25, 0.3) is 0 Å². The Bertz CT molecular complexity index is 363. The van der Waals surface area contributed by atoms with Crippen LogP contribution in [0.15, 0.2) is 24.3 Å². The number of hydrogen-bond donors (Lipinski definition) is 1. The molecule has 0 saturated heterocycles. The number of ether oxygens (including phenoxy) is 1. The highest BCUT2D eigenvalue weighted by Crippen LogP contribution is 2.23. The van der Waals surface area contributed by atoms with Gasteiger partial charge in [-0.1, -0.05) is 18.2 Å². The first-order chi connectivity index (χ1) is 8.85. The quantitative estimate of drug-likeness (QED) is 0.764. The first-order valence-corrected chi connectivity index (χ1v) is 6.90. The lowest BCUT2D eigenvalue weighted by molar-refractivity contribution is 0.205. The molecule has 1 aliphatic rings. The fraction of sp³-hybridized carbons (Fsp3) is 0.600. The summed E-state index contributed by atoms with van der Waals surface area (Å²) in [5, 5.41) is 3.59. The maximum atomic E-state index is 5.19. The monoisotopic (exact) mass is 248 g/mol. The van der Waals surface area contributed by atoms with E-state index in [2.05, 4.69) is 41.4 Å². The average molecular weight is 248 g/mol. The minimum atomic E-state index is 0.757. The number of nitrogens with one attached hydrogen (secondary N) is 1. The molecular weight excluding hydrogens is 224 g/mol. The van der Waals surface area contributed by atoms with Crippen LogP contribution in [-0.2, 0) is 11.3 Å². The van der Waals surface area contributed by atoms with Crippen LogP contribution in [0.2, 0.25) is 0 Å². The van der Waals surface area contributed by atoms with Gasteiger partial charge in [0.05, 0.1) is 6.61 Å². The van der Waals surface area contributed by atoms with Crippen molar-refractivity contribution in [2.75, 3.05) is 31.7 Å². The van der Waals surface area contributed by atoms with Crippen LogP contribution in [0.4, 0.5) is 5.69 Å². The lowest BCUT2D eigenvalue weighted by Crippen LogP contribution is -2.28. The fourth-order valence-electron chi connectivity index (χ4n) is 2.16. The van der Waals surface area contributed by atoms with Gasteiger partial charge in [0.25, 0.3) is 0 Å². The molecule has 1 N–H and O–H groups in total. The molecule has 0 bridgehead atoms. The number of nitrogens with zero attached hydrogens (tertiary/aromatic N) is 1. The van der Waals surface area contributed by atoms with Crippen molar-refractivity contribution >= 4 is 5.69 Å². The Morgan fingerprint density at radius 1 is 1.33 bits per heavy atom. The van der Waals surface area contributed by atoms with Gasteiger partial charge in [0.2, 0.25) is 0 Å². The summed E-state index contributed by atoms with van der Waals surface area (Å²) >= 11 is 0. The van der Waals surface area contributed by atoms with E-state index < -0.39 is 0 Å². The third-order valence-electron chi connectivity index (χ3n) is 3.44. The lowest BCUT2D eigenvalue weighted by atomic mass is 10.1. The summed E-state index contributed by atoms with van der Waals surface area (Å²) in [6.45, 7) is 5.92. The smallest absolute Gasteiger partial charge is 0.0637 e. The normalized spacial score (nSPS) is 14.8. The molecule has 1 saturated carbocycles. The molecule has 1 aromatic rings. The van der Waals surface area contributed by atoms with Crippen LogP contribution in [-0.4, -0.2) is 32.8 Å². The molecule has 0 heterocycles. The predicted octanol–water partition coefficient (Wildman–Crippen LogP) is 2.41. The molecule has 1 aromatic carbocycles. The third kappa shape index (κ3) is 3.72. The summed E-state index contributed by atoms with van der Waals surface area (Å²) in [7, 11) is 1.76. The van der Waals surface area contributed by atoms with E-state index in [9.17, 15) is 0 Å². The van der Waals surface area contributed by atoms with Gasteiger partial charge in [0.15, 0.2) is 0 Å². The third-order valence-corrected chi connectivity index (χ3v) is 3.44. The fourth-order valence-corrected chi connectivity index (χ4v) is 2.16.